The van der Waals surface area contributed by atoms with Gasteiger partial charge in [-0.1, -0.05) is 6.07 Å². The number of carbonyl (C=O) groups is 2. The molecule has 0 aliphatic heterocycles. The molecule has 0 bridgehead atoms. The van der Waals surface area contributed by atoms with Crippen LogP contribution in [0.3, 0.4) is 0 Å². The highest BCUT2D eigenvalue weighted by Crippen LogP contribution is 2.17. The average molecular weight is 236 g/mol. The minimum absolute atomic E-state index is 0.169. The molecule has 2 amide bonds. The van der Waals surface area contributed by atoms with E-state index in [0.717, 1.165) is 10.6 Å². The molecule has 92 valence electrons. The maximum absolute atomic E-state index is 11.8. The van der Waals surface area contributed by atoms with E-state index >= 15 is 0 Å². The molecule has 5 nitrogen and oxygen atoms in total. The summed E-state index contributed by atoms with van der Waals surface area (Å²) in [5.41, 5.74) is 1.99. The van der Waals surface area contributed by atoms with Crippen molar-refractivity contribution in [2.45, 2.75) is 13.8 Å². The van der Waals surface area contributed by atoms with Crippen LogP contribution in [0.25, 0.3) is 0 Å². The van der Waals surface area contributed by atoms with Crippen LogP contribution in [0.4, 0.5) is 5.69 Å². The first-order valence-electron chi connectivity index (χ1n) is 5.16. The number of carbonyl (C=O) groups excluding carboxylic acids is 2. The number of amides is 2. The second-order valence-corrected chi connectivity index (χ2v) is 3.70. The Morgan fingerprint density at radius 1 is 1.35 bits per heavy atom. The Morgan fingerprint density at radius 3 is 2.53 bits per heavy atom. The molecular formula is C12H16N2O3. The molecule has 5 heteroatoms. The number of rotatable bonds is 3. The molecule has 0 aliphatic carbocycles. The number of nitrogens with zero attached hydrogens (tertiary/aromatic N) is 1. The van der Waals surface area contributed by atoms with Crippen molar-refractivity contribution in [3.63, 3.8) is 0 Å². The van der Waals surface area contributed by atoms with Crippen molar-refractivity contribution in [2.75, 3.05) is 19.5 Å². The van der Waals surface area contributed by atoms with Crippen molar-refractivity contribution in [1.82, 2.24) is 5.06 Å². The van der Waals surface area contributed by atoms with Crippen molar-refractivity contribution < 1.29 is 14.4 Å². The van der Waals surface area contributed by atoms with E-state index in [0.29, 0.717) is 11.3 Å². The van der Waals surface area contributed by atoms with Crippen molar-refractivity contribution in [3.8, 4) is 0 Å². The summed E-state index contributed by atoms with van der Waals surface area (Å²) in [5, 5.41) is 3.80. The van der Waals surface area contributed by atoms with Crippen LogP contribution >= 0.6 is 0 Å². The fourth-order valence-electron chi connectivity index (χ4n) is 1.34. The molecule has 0 saturated heterocycles. The fourth-order valence-corrected chi connectivity index (χ4v) is 1.34. The van der Waals surface area contributed by atoms with Gasteiger partial charge in [0.15, 0.2) is 0 Å². The van der Waals surface area contributed by atoms with E-state index in [4.69, 9.17) is 4.84 Å². The maximum atomic E-state index is 11.8. The number of aryl methyl sites for hydroxylation is 1. The molecule has 0 atom stereocenters. The number of hydrogen-bond acceptors (Lipinski definition) is 3. The number of nitrogens with one attached hydrogen (secondary N) is 1. The number of hydrogen-bond donors (Lipinski definition) is 1. The molecule has 0 heterocycles. The van der Waals surface area contributed by atoms with Crippen LogP contribution in [0, 0.1) is 6.92 Å². The Morgan fingerprint density at radius 2 is 2.00 bits per heavy atom. The number of hydroxylamine groups is 2. The smallest absolute Gasteiger partial charge is 0.277 e. The molecule has 1 rings (SSSR count). The summed E-state index contributed by atoms with van der Waals surface area (Å²) in [6, 6.07) is 5.11. The van der Waals surface area contributed by atoms with Gasteiger partial charge in [0.25, 0.3) is 5.91 Å². The van der Waals surface area contributed by atoms with Gasteiger partial charge in [-0.05, 0) is 24.6 Å². The van der Waals surface area contributed by atoms with E-state index in [1.165, 1.54) is 21.1 Å². The van der Waals surface area contributed by atoms with Gasteiger partial charge in [0.1, 0.15) is 0 Å². The van der Waals surface area contributed by atoms with Gasteiger partial charge >= 0.3 is 0 Å². The first kappa shape index (κ1) is 13.2. The molecule has 0 spiro atoms. The van der Waals surface area contributed by atoms with Crippen molar-refractivity contribution in [3.05, 3.63) is 29.3 Å². The molecule has 0 saturated carbocycles. The van der Waals surface area contributed by atoms with Crippen LogP contribution in [0.2, 0.25) is 0 Å². The van der Waals surface area contributed by atoms with E-state index in [9.17, 15) is 9.59 Å². The van der Waals surface area contributed by atoms with E-state index in [1.807, 2.05) is 6.92 Å². The Hall–Kier alpha value is -1.88. The molecule has 0 aromatic heterocycles. The fraction of sp³-hybridized carbons (Fsp3) is 0.333. The highest BCUT2D eigenvalue weighted by atomic mass is 16.7. The Balaban J connectivity index is 3.03. The third-order valence-corrected chi connectivity index (χ3v) is 2.36. The minimum atomic E-state index is -0.265. The summed E-state index contributed by atoms with van der Waals surface area (Å²) in [6.07, 6.45) is 0. The van der Waals surface area contributed by atoms with E-state index in [2.05, 4.69) is 5.32 Å². The molecule has 0 fully saturated rings. The van der Waals surface area contributed by atoms with Crippen LogP contribution < -0.4 is 5.32 Å². The summed E-state index contributed by atoms with van der Waals surface area (Å²) >= 11 is 0. The number of anilines is 1. The maximum Gasteiger partial charge on any atom is 0.277 e. The topological polar surface area (TPSA) is 58.6 Å². The van der Waals surface area contributed by atoms with Crippen LogP contribution in [0.1, 0.15) is 22.8 Å². The molecule has 1 N–H and O–H groups in total. The molecule has 17 heavy (non-hydrogen) atoms. The Kier molecular flexibility index (Phi) is 4.23. The molecule has 0 unspecified atom stereocenters. The van der Waals surface area contributed by atoms with Gasteiger partial charge in [-0.3, -0.25) is 14.4 Å². The predicted molar refractivity (Wildman–Crippen MR) is 64.6 cm³/mol. The van der Waals surface area contributed by atoms with Gasteiger partial charge in [0, 0.05) is 25.2 Å². The van der Waals surface area contributed by atoms with E-state index < -0.39 is 0 Å². The van der Waals surface area contributed by atoms with Crippen LogP contribution in [0.15, 0.2) is 18.2 Å². The molecule has 1 aromatic rings. The molecule has 0 aliphatic rings. The zero-order chi connectivity index (χ0) is 13.0. The summed E-state index contributed by atoms with van der Waals surface area (Å²) < 4.78 is 0. The Bertz CT molecular complexity index is 443. The second kappa shape index (κ2) is 5.45. The van der Waals surface area contributed by atoms with Gasteiger partial charge in [-0.15, -0.1) is 0 Å². The predicted octanol–water partition coefficient (Wildman–Crippen LogP) is 1.59. The quantitative estimate of drug-likeness (QED) is 0.811. The highest BCUT2D eigenvalue weighted by Gasteiger charge is 2.12. The third kappa shape index (κ3) is 3.29. The minimum Gasteiger partial charge on any atom is -0.326 e. The zero-order valence-corrected chi connectivity index (χ0v) is 10.4. The lowest BCUT2D eigenvalue weighted by Gasteiger charge is -2.15. The first-order chi connectivity index (χ1) is 7.95. The normalized spacial score (nSPS) is 9.88. The SMILES string of the molecule is CON(C)C(=O)c1ccc(C)c(NC(C)=O)c1. The summed E-state index contributed by atoms with van der Waals surface area (Å²) in [6.45, 7) is 3.29. The summed E-state index contributed by atoms with van der Waals surface area (Å²) in [4.78, 5) is 27.6. The van der Waals surface area contributed by atoms with Gasteiger partial charge in [0.2, 0.25) is 5.91 Å². The summed E-state index contributed by atoms with van der Waals surface area (Å²) in [5.74, 6) is -0.433. The molecule has 1 aromatic carbocycles. The average Bonchev–Trinajstić information content (AvgIpc) is 2.29. The van der Waals surface area contributed by atoms with Gasteiger partial charge in [-0.25, -0.2) is 5.06 Å². The van der Waals surface area contributed by atoms with Gasteiger partial charge in [-0.2, -0.15) is 0 Å². The first-order valence-corrected chi connectivity index (χ1v) is 5.16. The van der Waals surface area contributed by atoms with Gasteiger partial charge in [0.05, 0.1) is 7.11 Å². The zero-order valence-electron chi connectivity index (χ0n) is 10.4. The van der Waals surface area contributed by atoms with E-state index in [-0.39, 0.29) is 11.8 Å². The van der Waals surface area contributed by atoms with Crippen LogP contribution in [-0.4, -0.2) is 31.0 Å². The van der Waals surface area contributed by atoms with E-state index in [1.54, 1.807) is 18.2 Å². The highest BCUT2D eigenvalue weighted by molar-refractivity contribution is 5.96. The van der Waals surface area contributed by atoms with Crippen molar-refractivity contribution >= 4 is 17.5 Å². The largest absolute Gasteiger partial charge is 0.326 e. The lowest BCUT2D eigenvalue weighted by molar-refractivity contribution is -0.114. The molecular weight excluding hydrogens is 220 g/mol. The summed E-state index contributed by atoms with van der Waals surface area (Å²) in [7, 11) is 2.95. The lowest BCUT2D eigenvalue weighted by atomic mass is 10.1. The van der Waals surface area contributed by atoms with Crippen molar-refractivity contribution in [1.29, 1.82) is 0 Å². The monoisotopic (exact) mass is 236 g/mol. The number of benzene rings is 1. The van der Waals surface area contributed by atoms with Crippen LogP contribution in [0.5, 0.6) is 0 Å². The van der Waals surface area contributed by atoms with Crippen LogP contribution in [-0.2, 0) is 9.63 Å². The molecule has 0 radical (unpaired) electrons. The second-order valence-electron chi connectivity index (χ2n) is 3.70. The lowest BCUT2D eigenvalue weighted by Crippen LogP contribution is -2.25. The third-order valence-electron chi connectivity index (χ3n) is 2.36. The Labute approximate surface area is 100 Å². The standard InChI is InChI=1S/C12H16N2O3/c1-8-5-6-10(12(16)14(3)17-4)7-11(8)13-9(2)15/h5-7H,1-4H3,(H,13,15). The van der Waals surface area contributed by atoms with Gasteiger partial charge < -0.3 is 5.32 Å². The van der Waals surface area contributed by atoms with Crippen molar-refractivity contribution in [2.24, 2.45) is 0 Å².